The first-order valence-electron chi connectivity index (χ1n) is 8.07. The number of carbonyl (C=O) groups is 2. The topological polar surface area (TPSA) is 79.5 Å². The Hall–Kier alpha value is -3.28. The number of benzene rings is 2. The van der Waals surface area contributed by atoms with Crippen LogP contribution in [0.5, 0.6) is 0 Å². The van der Waals surface area contributed by atoms with E-state index < -0.39 is 11.5 Å². The molecule has 3 N–H and O–H groups in total. The molecule has 1 unspecified atom stereocenters. The van der Waals surface area contributed by atoms with Crippen LogP contribution in [0.2, 0.25) is 0 Å². The fourth-order valence-corrected chi connectivity index (χ4v) is 3.80. The number of ether oxygens (including phenoxy) is 1. The molecule has 1 atom stereocenters. The molecule has 0 bridgehead atoms. The summed E-state index contributed by atoms with van der Waals surface area (Å²) in [6.07, 6.45) is 0. The van der Waals surface area contributed by atoms with Gasteiger partial charge in [0.15, 0.2) is 5.54 Å². The van der Waals surface area contributed by atoms with E-state index in [0.29, 0.717) is 17.0 Å². The molecule has 0 radical (unpaired) electrons. The molecular weight excluding hydrogens is 318 g/mol. The van der Waals surface area contributed by atoms with Gasteiger partial charge >= 0.3 is 5.97 Å². The highest BCUT2D eigenvalue weighted by molar-refractivity contribution is 6.17. The van der Waals surface area contributed by atoms with Gasteiger partial charge in [0.25, 0.3) is 5.91 Å². The summed E-state index contributed by atoms with van der Waals surface area (Å²) in [4.78, 5) is 25.7. The van der Waals surface area contributed by atoms with Crippen molar-refractivity contribution in [3.63, 3.8) is 0 Å². The summed E-state index contributed by atoms with van der Waals surface area (Å²) in [5.74, 6) is -0.759. The van der Waals surface area contributed by atoms with Crippen LogP contribution in [0, 0.1) is 6.92 Å². The van der Waals surface area contributed by atoms with Crippen LogP contribution in [0.4, 0.5) is 17.1 Å². The zero-order valence-corrected chi connectivity index (χ0v) is 13.5. The predicted octanol–water partition coefficient (Wildman–Crippen LogP) is 2.49. The number of fused-ring (bicyclic) bond motifs is 4. The molecule has 3 aliphatic heterocycles. The molecule has 2 aromatic rings. The zero-order valence-electron chi connectivity index (χ0n) is 13.5. The SMILES string of the molecule is Cc1ccc2c(c1)C1(Nc3ccccc3NC3=C1C(=O)OC3)C(=O)N2. The van der Waals surface area contributed by atoms with Crippen molar-refractivity contribution in [2.75, 3.05) is 22.6 Å². The maximum atomic E-state index is 13.1. The zero-order chi connectivity index (χ0) is 17.2. The van der Waals surface area contributed by atoms with Gasteiger partial charge in [-0.05, 0) is 25.1 Å². The van der Waals surface area contributed by atoms with Crippen LogP contribution in [0.25, 0.3) is 0 Å². The van der Waals surface area contributed by atoms with Gasteiger partial charge in [-0.3, -0.25) is 4.79 Å². The predicted molar refractivity (Wildman–Crippen MR) is 93.2 cm³/mol. The smallest absolute Gasteiger partial charge is 0.339 e. The third-order valence-electron chi connectivity index (χ3n) is 4.93. The molecule has 124 valence electrons. The summed E-state index contributed by atoms with van der Waals surface area (Å²) in [5.41, 5.74) is 3.65. The fourth-order valence-electron chi connectivity index (χ4n) is 3.80. The third kappa shape index (κ3) is 1.73. The molecule has 1 amide bonds. The van der Waals surface area contributed by atoms with Gasteiger partial charge in [0, 0.05) is 11.3 Å². The van der Waals surface area contributed by atoms with Crippen molar-refractivity contribution in [2.45, 2.75) is 12.5 Å². The highest BCUT2D eigenvalue weighted by atomic mass is 16.5. The molecule has 2 aromatic carbocycles. The molecule has 25 heavy (non-hydrogen) atoms. The van der Waals surface area contributed by atoms with Crippen molar-refractivity contribution in [3.8, 4) is 0 Å². The average Bonchev–Trinajstić information content (AvgIpc) is 3.02. The second kappa shape index (κ2) is 4.63. The Labute approximate surface area is 143 Å². The lowest BCUT2D eigenvalue weighted by molar-refractivity contribution is -0.137. The summed E-state index contributed by atoms with van der Waals surface area (Å²) in [7, 11) is 0. The second-order valence-electron chi connectivity index (χ2n) is 6.48. The Morgan fingerprint density at radius 2 is 1.80 bits per heavy atom. The lowest BCUT2D eigenvalue weighted by atomic mass is 9.82. The second-order valence-corrected chi connectivity index (χ2v) is 6.48. The molecule has 6 nitrogen and oxygen atoms in total. The maximum Gasteiger partial charge on any atom is 0.339 e. The minimum atomic E-state index is -1.30. The van der Waals surface area contributed by atoms with Crippen LogP contribution in [0.3, 0.4) is 0 Å². The quantitative estimate of drug-likeness (QED) is 0.646. The summed E-state index contributed by atoms with van der Waals surface area (Å²) in [6.45, 7) is 2.09. The number of amides is 1. The molecule has 3 aliphatic rings. The Morgan fingerprint density at radius 3 is 2.64 bits per heavy atom. The monoisotopic (exact) mass is 333 g/mol. The van der Waals surface area contributed by atoms with E-state index in [1.807, 2.05) is 49.4 Å². The van der Waals surface area contributed by atoms with Crippen molar-refractivity contribution < 1.29 is 14.3 Å². The molecule has 0 fully saturated rings. The highest BCUT2D eigenvalue weighted by Gasteiger charge is 2.56. The third-order valence-corrected chi connectivity index (χ3v) is 4.93. The van der Waals surface area contributed by atoms with Crippen molar-refractivity contribution >= 4 is 28.9 Å². The molecule has 0 saturated carbocycles. The molecule has 3 heterocycles. The van der Waals surface area contributed by atoms with Gasteiger partial charge in [0.1, 0.15) is 6.61 Å². The number of cyclic esters (lactones) is 1. The molecular formula is C19H15N3O3. The number of hydrogen-bond donors (Lipinski definition) is 3. The Balaban J connectivity index is 1.85. The average molecular weight is 333 g/mol. The molecule has 0 aromatic heterocycles. The first kappa shape index (κ1) is 14.1. The number of aryl methyl sites for hydroxylation is 1. The highest BCUT2D eigenvalue weighted by Crippen LogP contribution is 2.49. The van der Waals surface area contributed by atoms with E-state index in [4.69, 9.17) is 4.74 Å². The summed E-state index contributed by atoms with van der Waals surface area (Å²) >= 11 is 0. The Bertz CT molecular complexity index is 995. The summed E-state index contributed by atoms with van der Waals surface area (Å²) in [5, 5.41) is 9.50. The van der Waals surface area contributed by atoms with E-state index in [1.54, 1.807) is 0 Å². The van der Waals surface area contributed by atoms with Gasteiger partial charge in [-0.2, -0.15) is 0 Å². The van der Waals surface area contributed by atoms with Crippen molar-refractivity contribution in [2.24, 2.45) is 0 Å². The summed E-state index contributed by atoms with van der Waals surface area (Å²) in [6, 6.07) is 13.3. The standard InChI is InChI=1S/C19H15N3O3/c1-10-6-7-12-11(8-10)19(18(24)21-12)16-15(9-25-17(16)23)20-13-4-2-3-5-14(13)22-19/h2-8,20,22H,9H2,1H3,(H,21,24). The van der Waals surface area contributed by atoms with Crippen LogP contribution in [0.1, 0.15) is 11.1 Å². The number of para-hydroxylation sites is 2. The lowest BCUT2D eigenvalue weighted by Gasteiger charge is -2.29. The first-order valence-corrected chi connectivity index (χ1v) is 8.07. The molecule has 6 heteroatoms. The van der Waals surface area contributed by atoms with E-state index >= 15 is 0 Å². The molecule has 0 aliphatic carbocycles. The van der Waals surface area contributed by atoms with Gasteiger partial charge in [0.2, 0.25) is 0 Å². The number of anilines is 3. The van der Waals surface area contributed by atoms with Gasteiger partial charge < -0.3 is 20.7 Å². The van der Waals surface area contributed by atoms with Gasteiger partial charge in [-0.1, -0.05) is 29.8 Å². The van der Waals surface area contributed by atoms with E-state index in [2.05, 4.69) is 16.0 Å². The number of nitrogens with one attached hydrogen (secondary N) is 3. The van der Waals surface area contributed by atoms with E-state index in [1.165, 1.54) is 0 Å². The van der Waals surface area contributed by atoms with Gasteiger partial charge in [-0.25, -0.2) is 4.79 Å². The number of esters is 1. The number of hydrogen-bond acceptors (Lipinski definition) is 5. The van der Waals surface area contributed by atoms with Crippen molar-refractivity contribution in [1.82, 2.24) is 0 Å². The fraction of sp³-hybridized carbons (Fsp3) is 0.158. The van der Waals surface area contributed by atoms with Gasteiger partial charge in [0.05, 0.1) is 22.6 Å². The normalized spacial score (nSPS) is 23.1. The van der Waals surface area contributed by atoms with Crippen molar-refractivity contribution in [1.29, 1.82) is 0 Å². The van der Waals surface area contributed by atoms with Crippen LogP contribution < -0.4 is 16.0 Å². The minimum Gasteiger partial charge on any atom is -0.456 e. The van der Waals surface area contributed by atoms with Crippen LogP contribution >= 0.6 is 0 Å². The number of rotatable bonds is 0. The molecule has 5 rings (SSSR count). The number of carbonyl (C=O) groups excluding carboxylic acids is 2. The Morgan fingerprint density at radius 1 is 1.00 bits per heavy atom. The minimum absolute atomic E-state index is 0.125. The Kier molecular flexibility index (Phi) is 2.61. The van der Waals surface area contributed by atoms with Gasteiger partial charge in [-0.15, -0.1) is 0 Å². The summed E-state index contributed by atoms with van der Waals surface area (Å²) < 4.78 is 5.26. The van der Waals surface area contributed by atoms with E-state index in [-0.39, 0.29) is 12.5 Å². The van der Waals surface area contributed by atoms with E-state index in [9.17, 15) is 9.59 Å². The van der Waals surface area contributed by atoms with Crippen LogP contribution in [-0.4, -0.2) is 18.5 Å². The maximum absolute atomic E-state index is 13.1. The van der Waals surface area contributed by atoms with E-state index in [0.717, 1.165) is 22.5 Å². The largest absolute Gasteiger partial charge is 0.456 e. The van der Waals surface area contributed by atoms with Crippen molar-refractivity contribution in [3.05, 3.63) is 64.9 Å². The molecule has 0 saturated heterocycles. The molecule has 1 spiro atoms. The lowest BCUT2D eigenvalue weighted by Crippen LogP contribution is -2.45. The van der Waals surface area contributed by atoms with Crippen LogP contribution in [0.15, 0.2) is 53.7 Å². The van der Waals surface area contributed by atoms with Crippen LogP contribution in [-0.2, 0) is 19.9 Å². The first-order chi connectivity index (χ1) is 12.1.